The summed E-state index contributed by atoms with van der Waals surface area (Å²) in [6, 6.07) is 199. The number of hydrogen-bond donors (Lipinski definition) is 0. The third-order valence-corrected chi connectivity index (χ3v) is 37.6. The Morgan fingerprint density at radius 3 is 0.565 bits per heavy atom. The van der Waals surface area contributed by atoms with Crippen molar-refractivity contribution < 1.29 is 29.7 Å². The van der Waals surface area contributed by atoms with Crippen molar-refractivity contribution in [1.82, 2.24) is 0 Å². The molecule has 9 heteroatoms. The van der Waals surface area contributed by atoms with Crippen LogP contribution in [0.25, 0.3) is 57.7 Å². The molecule has 0 aromatic heterocycles. The number of rotatable bonds is 18. The first kappa shape index (κ1) is 103. The van der Waals surface area contributed by atoms with E-state index in [1.54, 1.807) is 0 Å². The van der Waals surface area contributed by atoms with Crippen molar-refractivity contribution in [3.05, 3.63) is 629 Å². The molecule has 1 heterocycles. The van der Waals surface area contributed by atoms with Crippen molar-refractivity contribution >= 4 is 170 Å². The number of allylic oxidation sites excluding steroid dienone is 4. The van der Waals surface area contributed by atoms with Gasteiger partial charge in [0.15, 0.2) is 0 Å². The standard InChI is InChI=1S/C30H22.C21H23BO2.4C18H15P.C15H11Br.Pd/c1-2-10-22-18-25(17-21(22)9-1)27-13-5-7-15-29(27)30-16-8-6-14-28(30)26-19-23-11-3-4-12-24(23)20-26;1-20(2)21(3,4)24-22(23-20)19-12-8-7-11-18(19)17-13-15-9-5-6-10-16(15)14-17;4*1-4-10-16(11-5-1)19(17-12-6-2-7-13-17)18-14-8-3-9-15-18;16-15-8-4-3-7-14(15)13-9-11-5-1-2-6-12(11)10-13;/h1-17,19H,18,20H2;5-13H,14H2,1-4H3;4*1-15H;1-9H,10H2;. The normalized spacial score (nSPS) is 13.2. The Hall–Kier alpha value is -13.8. The third-order valence-electron chi connectivity index (χ3n) is 27.1. The largest absolute Gasteiger partial charge is 0.495 e. The van der Waals surface area contributed by atoms with Crippen LogP contribution in [0.4, 0.5) is 0 Å². The fourth-order valence-electron chi connectivity index (χ4n) is 19.2. The second-order valence-corrected chi connectivity index (χ2v) is 47.0. The van der Waals surface area contributed by atoms with Crippen LogP contribution in [0, 0.1) is 0 Å². The molecule has 147 heavy (non-hydrogen) atoms. The molecule has 0 radical (unpaired) electrons. The number of benzene rings is 20. The van der Waals surface area contributed by atoms with Gasteiger partial charge >= 0.3 is 7.12 Å². The monoisotopic (exact) mass is 2120 g/mol. The first-order chi connectivity index (χ1) is 71.9. The Balaban J connectivity index is 0.000000113. The van der Waals surface area contributed by atoms with E-state index in [1.807, 2.05) is 0 Å². The zero-order valence-electron chi connectivity index (χ0n) is 83.1. The summed E-state index contributed by atoms with van der Waals surface area (Å²) in [5.74, 6) is 0. The van der Waals surface area contributed by atoms with Crippen molar-refractivity contribution in [2.24, 2.45) is 0 Å². The summed E-state index contributed by atoms with van der Waals surface area (Å²) >= 11 is 3.61. The third kappa shape index (κ3) is 26.1. The van der Waals surface area contributed by atoms with E-state index in [0.717, 1.165) is 31.1 Å². The second-order valence-electron chi connectivity index (χ2n) is 37.3. The summed E-state index contributed by atoms with van der Waals surface area (Å²) in [6.07, 6.45) is 13.3. The predicted molar refractivity (Wildman–Crippen MR) is 641 cm³/mol. The van der Waals surface area contributed by atoms with E-state index >= 15 is 0 Å². The average molecular weight is 2130 g/mol. The van der Waals surface area contributed by atoms with E-state index in [9.17, 15) is 0 Å². The summed E-state index contributed by atoms with van der Waals surface area (Å²) in [7, 11) is -2.11. The Morgan fingerprint density at radius 1 is 0.184 bits per heavy atom. The molecule has 5 aliphatic rings. The molecule has 0 spiro atoms. The zero-order valence-corrected chi connectivity index (χ0v) is 89.8. The molecular formula is C138H116BBrO2P4Pd. The zero-order chi connectivity index (χ0) is 99.5. The van der Waals surface area contributed by atoms with Crippen LogP contribution < -0.4 is 69.1 Å². The van der Waals surface area contributed by atoms with Crippen molar-refractivity contribution in [2.75, 3.05) is 0 Å². The molecule has 0 amide bonds. The molecule has 4 aliphatic carbocycles. The Morgan fingerprint density at radius 2 is 0.347 bits per heavy atom. The minimum absolute atomic E-state index is 0. The van der Waals surface area contributed by atoms with Crippen LogP contribution in [-0.4, -0.2) is 18.3 Å². The number of hydrogen-bond acceptors (Lipinski definition) is 2. The predicted octanol–water partition coefficient (Wildman–Crippen LogP) is 30.0. The van der Waals surface area contributed by atoms with Gasteiger partial charge in [0, 0.05) is 24.9 Å². The molecule has 25 rings (SSSR count). The molecule has 0 saturated carbocycles. The summed E-state index contributed by atoms with van der Waals surface area (Å²) < 4.78 is 13.7. The van der Waals surface area contributed by atoms with E-state index in [-0.39, 0.29) is 38.7 Å². The maximum absolute atomic E-state index is 6.28. The van der Waals surface area contributed by atoms with Crippen LogP contribution in [0.5, 0.6) is 0 Å². The van der Waals surface area contributed by atoms with E-state index in [4.69, 9.17) is 9.31 Å². The van der Waals surface area contributed by atoms with Gasteiger partial charge in [-0.1, -0.05) is 592 Å². The van der Waals surface area contributed by atoms with Gasteiger partial charge in [0.1, 0.15) is 0 Å². The number of halogens is 1. The van der Waals surface area contributed by atoms with Crippen LogP contribution in [0.15, 0.2) is 563 Å². The molecule has 0 unspecified atom stereocenters. The van der Waals surface area contributed by atoms with Crippen LogP contribution in [0.2, 0.25) is 0 Å². The van der Waals surface area contributed by atoms with E-state index < -0.39 is 31.7 Å². The molecule has 0 bridgehead atoms. The molecular weight excluding hydrogens is 2010 g/mol. The van der Waals surface area contributed by atoms with Gasteiger partial charge in [-0.3, -0.25) is 0 Å². The Labute approximate surface area is 897 Å². The average Bonchev–Trinajstić information content (AvgIpc) is 1.57. The summed E-state index contributed by atoms with van der Waals surface area (Å²) in [4.78, 5) is 0. The van der Waals surface area contributed by atoms with Gasteiger partial charge < -0.3 is 9.31 Å². The summed E-state index contributed by atoms with van der Waals surface area (Å²) in [5.41, 5.74) is 24.9. The van der Waals surface area contributed by atoms with Gasteiger partial charge in [0.05, 0.1) is 11.2 Å². The Kier molecular flexibility index (Phi) is 35.8. The van der Waals surface area contributed by atoms with Gasteiger partial charge in [-0.25, -0.2) is 0 Å². The van der Waals surface area contributed by atoms with Gasteiger partial charge in [-0.15, -0.1) is 0 Å². The first-order valence-electron chi connectivity index (χ1n) is 50.2. The van der Waals surface area contributed by atoms with E-state index in [1.165, 1.54) is 168 Å². The summed E-state index contributed by atoms with van der Waals surface area (Å²) in [5, 5.41) is 16.8. The van der Waals surface area contributed by atoms with Crippen molar-refractivity contribution in [1.29, 1.82) is 0 Å². The van der Waals surface area contributed by atoms with Gasteiger partial charge in [-0.2, -0.15) is 0 Å². The fourth-order valence-corrected chi connectivity index (χ4v) is 29.0. The Bertz CT molecular complexity index is 6810. The molecule has 1 saturated heterocycles. The van der Waals surface area contributed by atoms with Crippen molar-refractivity contribution in [3.63, 3.8) is 0 Å². The van der Waals surface area contributed by atoms with Gasteiger partial charge in [-0.05, 0) is 260 Å². The smallest absolute Gasteiger partial charge is 0.399 e. The van der Waals surface area contributed by atoms with E-state index in [0.29, 0.717) is 0 Å². The van der Waals surface area contributed by atoms with Crippen molar-refractivity contribution in [2.45, 2.75) is 64.6 Å². The van der Waals surface area contributed by atoms with Crippen molar-refractivity contribution in [3.8, 4) is 11.1 Å². The molecule has 20 aromatic carbocycles. The van der Waals surface area contributed by atoms with Gasteiger partial charge in [0.25, 0.3) is 0 Å². The molecule has 0 atom stereocenters. The quantitative estimate of drug-likeness (QED) is 0.0630. The molecule has 2 nitrogen and oxygen atoms in total. The molecule has 0 N–H and O–H groups in total. The molecule has 720 valence electrons. The number of fused-ring (bicyclic) bond motifs is 4. The maximum Gasteiger partial charge on any atom is 0.495 e. The minimum atomic E-state index is -0.446. The topological polar surface area (TPSA) is 18.5 Å². The molecule has 20 aromatic rings. The van der Waals surface area contributed by atoms with Crippen LogP contribution in [-0.2, 0) is 55.4 Å². The van der Waals surface area contributed by atoms with Crippen LogP contribution >= 0.6 is 47.6 Å². The second kappa shape index (κ2) is 51.0. The first-order valence-corrected chi connectivity index (χ1v) is 56.4. The summed E-state index contributed by atoms with van der Waals surface area (Å²) in [6.45, 7) is 8.39. The SMILES string of the molecule is Brc1ccccc1C1=Cc2ccccc2C1.C1=C(c2ccccc2-c2ccccc2C2=Cc3ccccc3C2)Cc2ccccc21.CC1(C)OB(c2ccccc2C2=Cc3ccccc3C2)OC1(C)C.[Pd].c1ccc(P(c2ccccc2)c2ccccc2)cc1.c1ccc(P(c2ccccc2)c2ccccc2)cc1.c1ccc(P(c2ccccc2)c2ccccc2)cc1.c1ccc(P(c2ccccc2)c2ccccc2)cc1. The fraction of sp³-hybridized carbons (Fsp3) is 0.0725. The van der Waals surface area contributed by atoms with E-state index in [2.05, 4.69) is 626 Å². The molecule has 1 aliphatic heterocycles. The van der Waals surface area contributed by atoms with Gasteiger partial charge in [0.2, 0.25) is 0 Å². The minimum Gasteiger partial charge on any atom is -0.399 e. The van der Waals surface area contributed by atoms with Crippen LogP contribution in [0.1, 0.15) is 94.5 Å². The van der Waals surface area contributed by atoms with Crippen LogP contribution in [0.3, 0.4) is 0 Å². The maximum atomic E-state index is 6.28. The molecule has 1 fully saturated rings.